The fourth-order valence-electron chi connectivity index (χ4n) is 0.776. The molecule has 0 saturated heterocycles. The molecule has 1 aromatic carbocycles. The minimum atomic E-state index is -4.48. The van der Waals surface area contributed by atoms with Crippen molar-refractivity contribution >= 4 is 11.6 Å². The lowest BCUT2D eigenvalue weighted by atomic mass is 10.2. The van der Waals surface area contributed by atoms with E-state index in [1.807, 2.05) is 5.92 Å². The molecule has 0 saturated carbocycles. The van der Waals surface area contributed by atoms with Gasteiger partial charge in [0.1, 0.15) is 0 Å². The SMILES string of the molecule is C=C(C#Cc1ccccc1Cl)C(F)(F)F. The standard InChI is InChI=1S/C11H6ClF3/c1-8(11(13,14)15)6-7-9-4-2-3-5-10(9)12/h2-5H,1H2. The first-order valence-corrected chi connectivity index (χ1v) is 4.31. The molecular weight excluding hydrogens is 225 g/mol. The molecule has 0 radical (unpaired) electrons. The molecular formula is C11H6ClF3. The van der Waals surface area contributed by atoms with Crippen LogP contribution in [0.4, 0.5) is 13.2 Å². The van der Waals surface area contributed by atoms with Crippen LogP contribution in [0.25, 0.3) is 0 Å². The predicted octanol–water partition coefficient (Wildman–Crippen LogP) is 3.81. The summed E-state index contributed by atoms with van der Waals surface area (Å²) >= 11 is 5.71. The van der Waals surface area contributed by atoms with Gasteiger partial charge in [-0.25, -0.2) is 0 Å². The molecule has 0 N–H and O–H groups in total. The summed E-state index contributed by atoms with van der Waals surface area (Å²) in [5, 5.41) is 0.319. The van der Waals surface area contributed by atoms with Crippen LogP contribution in [0, 0.1) is 11.8 Å². The number of hydrogen-bond acceptors (Lipinski definition) is 0. The van der Waals surface area contributed by atoms with Gasteiger partial charge < -0.3 is 0 Å². The van der Waals surface area contributed by atoms with Gasteiger partial charge in [-0.3, -0.25) is 0 Å². The maximum Gasteiger partial charge on any atom is 0.423 e. The van der Waals surface area contributed by atoms with E-state index in [9.17, 15) is 13.2 Å². The first kappa shape index (κ1) is 11.7. The van der Waals surface area contributed by atoms with Crippen LogP contribution in [-0.4, -0.2) is 6.18 Å². The predicted molar refractivity (Wildman–Crippen MR) is 53.5 cm³/mol. The van der Waals surface area contributed by atoms with Crippen molar-refractivity contribution in [2.24, 2.45) is 0 Å². The van der Waals surface area contributed by atoms with Crippen LogP contribution < -0.4 is 0 Å². The molecule has 0 atom stereocenters. The van der Waals surface area contributed by atoms with E-state index in [-0.39, 0.29) is 0 Å². The summed E-state index contributed by atoms with van der Waals surface area (Å²) < 4.78 is 36.1. The molecule has 1 aromatic rings. The number of benzene rings is 1. The van der Waals surface area contributed by atoms with Crippen molar-refractivity contribution in [1.29, 1.82) is 0 Å². The molecule has 0 aliphatic carbocycles. The Balaban J connectivity index is 2.93. The van der Waals surface area contributed by atoms with E-state index in [2.05, 4.69) is 12.5 Å². The van der Waals surface area contributed by atoms with Gasteiger partial charge in [-0.1, -0.05) is 42.2 Å². The Bertz CT molecular complexity index is 435. The number of rotatable bonds is 0. The normalized spacial score (nSPS) is 10.4. The van der Waals surface area contributed by atoms with Crippen molar-refractivity contribution in [2.45, 2.75) is 6.18 Å². The summed E-state index contributed by atoms with van der Waals surface area (Å²) in [4.78, 5) is 0. The summed E-state index contributed by atoms with van der Waals surface area (Å²) in [6.07, 6.45) is -4.48. The molecule has 0 amide bonds. The molecule has 0 nitrogen and oxygen atoms in total. The van der Waals surface area contributed by atoms with E-state index in [0.717, 1.165) is 0 Å². The lowest BCUT2D eigenvalue weighted by Gasteiger charge is -2.01. The van der Waals surface area contributed by atoms with Crippen molar-refractivity contribution in [3.63, 3.8) is 0 Å². The number of halogens is 4. The number of alkyl halides is 3. The second-order valence-electron chi connectivity index (χ2n) is 2.71. The summed E-state index contributed by atoms with van der Waals surface area (Å²) in [7, 11) is 0. The average Bonchev–Trinajstić information content (AvgIpc) is 2.14. The third-order valence-corrected chi connectivity index (χ3v) is 1.89. The van der Waals surface area contributed by atoms with Gasteiger partial charge in [-0.2, -0.15) is 13.2 Å². The lowest BCUT2D eigenvalue weighted by molar-refractivity contribution is -0.0868. The largest absolute Gasteiger partial charge is 0.423 e. The maximum absolute atomic E-state index is 12.0. The highest BCUT2D eigenvalue weighted by atomic mass is 35.5. The topological polar surface area (TPSA) is 0 Å². The molecule has 0 aliphatic rings. The van der Waals surface area contributed by atoms with Crippen LogP contribution in [0.15, 0.2) is 36.4 Å². The van der Waals surface area contributed by atoms with Crippen LogP contribution in [0.3, 0.4) is 0 Å². The lowest BCUT2D eigenvalue weighted by Crippen LogP contribution is -2.08. The Morgan fingerprint density at radius 2 is 1.87 bits per heavy atom. The molecule has 0 fully saturated rings. The highest BCUT2D eigenvalue weighted by molar-refractivity contribution is 6.31. The van der Waals surface area contributed by atoms with Crippen LogP contribution in [0.5, 0.6) is 0 Å². The fourth-order valence-corrected chi connectivity index (χ4v) is 0.959. The van der Waals surface area contributed by atoms with Gasteiger partial charge in [-0.15, -0.1) is 0 Å². The third kappa shape index (κ3) is 3.34. The molecule has 0 aliphatic heterocycles. The Hall–Kier alpha value is -1.40. The molecule has 4 heteroatoms. The number of allylic oxidation sites excluding steroid dienone is 1. The minimum Gasteiger partial charge on any atom is -0.165 e. The second-order valence-corrected chi connectivity index (χ2v) is 3.11. The number of hydrogen-bond donors (Lipinski definition) is 0. The minimum absolute atomic E-state index is 0.319. The van der Waals surface area contributed by atoms with Gasteiger partial charge in [0.2, 0.25) is 0 Å². The highest BCUT2D eigenvalue weighted by Crippen LogP contribution is 2.23. The quantitative estimate of drug-likeness (QED) is 0.595. The van der Waals surface area contributed by atoms with E-state index in [4.69, 9.17) is 11.6 Å². The zero-order valence-corrected chi connectivity index (χ0v) is 8.28. The zero-order chi connectivity index (χ0) is 11.5. The van der Waals surface area contributed by atoms with E-state index >= 15 is 0 Å². The first-order valence-electron chi connectivity index (χ1n) is 3.94. The molecule has 1 rings (SSSR count). The molecule has 0 heterocycles. The fraction of sp³-hybridized carbons (Fsp3) is 0.0909. The Labute approximate surface area is 90.4 Å². The van der Waals surface area contributed by atoms with Crippen LogP contribution in [0.1, 0.15) is 5.56 Å². The van der Waals surface area contributed by atoms with Gasteiger partial charge in [0.15, 0.2) is 0 Å². The Kier molecular flexibility index (Phi) is 3.43. The monoisotopic (exact) mass is 230 g/mol. The molecule has 15 heavy (non-hydrogen) atoms. The summed E-state index contributed by atoms with van der Waals surface area (Å²) in [5.74, 6) is 4.24. The smallest absolute Gasteiger partial charge is 0.165 e. The van der Waals surface area contributed by atoms with Gasteiger partial charge in [-0.05, 0) is 12.1 Å². The van der Waals surface area contributed by atoms with Gasteiger partial charge in [0.25, 0.3) is 0 Å². The molecule has 0 bridgehead atoms. The molecule has 0 spiro atoms. The average molecular weight is 231 g/mol. The Morgan fingerprint density at radius 1 is 1.27 bits per heavy atom. The van der Waals surface area contributed by atoms with Crippen molar-refractivity contribution in [3.8, 4) is 11.8 Å². The van der Waals surface area contributed by atoms with Crippen LogP contribution in [-0.2, 0) is 0 Å². The van der Waals surface area contributed by atoms with Crippen LogP contribution in [0.2, 0.25) is 5.02 Å². The summed E-state index contributed by atoms with van der Waals surface area (Å²) in [6.45, 7) is 2.83. The van der Waals surface area contributed by atoms with E-state index in [0.29, 0.717) is 10.6 Å². The highest BCUT2D eigenvalue weighted by Gasteiger charge is 2.30. The molecule has 78 valence electrons. The summed E-state index contributed by atoms with van der Waals surface area (Å²) in [5.41, 5.74) is -0.730. The van der Waals surface area contributed by atoms with Crippen molar-refractivity contribution in [3.05, 3.63) is 47.0 Å². The maximum atomic E-state index is 12.0. The van der Waals surface area contributed by atoms with Gasteiger partial charge in [0, 0.05) is 5.56 Å². The van der Waals surface area contributed by atoms with Gasteiger partial charge in [0.05, 0.1) is 10.6 Å². The second kappa shape index (κ2) is 4.41. The van der Waals surface area contributed by atoms with E-state index in [1.165, 1.54) is 0 Å². The molecule has 0 aromatic heterocycles. The molecule has 0 unspecified atom stereocenters. The third-order valence-electron chi connectivity index (χ3n) is 1.56. The van der Waals surface area contributed by atoms with Crippen molar-refractivity contribution in [2.75, 3.05) is 0 Å². The Morgan fingerprint density at radius 3 is 2.40 bits per heavy atom. The van der Waals surface area contributed by atoms with Crippen molar-refractivity contribution < 1.29 is 13.2 Å². The van der Waals surface area contributed by atoms with Crippen molar-refractivity contribution in [1.82, 2.24) is 0 Å². The van der Waals surface area contributed by atoms with E-state index < -0.39 is 11.7 Å². The van der Waals surface area contributed by atoms with Gasteiger partial charge >= 0.3 is 6.18 Å². The van der Waals surface area contributed by atoms with E-state index in [1.54, 1.807) is 24.3 Å². The first-order chi connectivity index (χ1) is 6.91. The summed E-state index contributed by atoms with van der Waals surface area (Å²) in [6, 6.07) is 6.42. The zero-order valence-electron chi connectivity index (χ0n) is 7.53. The van der Waals surface area contributed by atoms with Crippen LogP contribution >= 0.6 is 11.6 Å².